The Morgan fingerprint density at radius 2 is 1.85 bits per heavy atom. The number of nitrogens with zero attached hydrogens (tertiary/aromatic N) is 2. The lowest BCUT2D eigenvalue weighted by atomic mass is 9.90. The molecule has 4 rings (SSSR count). The highest BCUT2D eigenvalue weighted by Gasteiger charge is 2.52. The predicted octanol–water partition coefficient (Wildman–Crippen LogP) is 4.40. The number of benzene rings is 1. The fourth-order valence-corrected chi connectivity index (χ4v) is 3.65. The first kappa shape index (κ1) is 16.3. The molecule has 0 N–H and O–H groups in total. The first-order valence-electron chi connectivity index (χ1n) is 8.43. The highest BCUT2D eigenvalue weighted by atomic mass is 19.2. The van der Waals surface area contributed by atoms with Crippen molar-refractivity contribution in [3.8, 4) is 12.3 Å². The Kier molecular flexibility index (Phi) is 3.59. The fraction of sp³-hybridized carbons (Fsp3) is 0.0952. The van der Waals surface area contributed by atoms with Crippen molar-refractivity contribution in [2.75, 3.05) is 0 Å². The van der Waals surface area contributed by atoms with E-state index in [2.05, 4.69) is 5.92 Å². The summed E-state index contributed by atoms with van der Waals surface area (Å²) in [4.78, 5) is 0. The summed E-state index contributed by atoms with van der Waals surface area (Å²) in [6, 6.07) is 9.21. The maximum Gasteiger partial charge on any atom is 0.737 e. The van der Waals surface area contributed by atoms with E-state index in [1.54, 1.807) is 31.2 Å². The molecule has 128 valence electrons. The van der Waals surface area contributed by atoms with Gasteiger partial charge >= 0.3 is 6.97 Å². The topological polar surface area (TPSA) is 7.94 Å². The molecule has 0 amide bonds. The van der Waals surface area contributed by atoms with Crippen LogP contribution in [0, 0.1) is 26.2 Å². The van der Waals surface area contributed by atoms with E-state index in [1.165, 1.54) is 0 Å². The number of aryl methyl sites for hydroxylation is 2. The first-order chi connectivity index (χ1) is 12.4. The van der Waals surface area contributed by atoms with Gasteiger partial charge in [0.15, 0.2) is 11.4 Å². The lowest BCUT2D eigenvalue weighted by Crippen LogP contribution is -2.50. The maximum atomic E-state index is 15.3. The number of fused-ring (bicyclic) bond motifs is 2. The van der Waals surface area contributed by atoms with Crippen LogP contribution in [0.1, 0.15) is 28.1 Å². The van der Waals surface area contributed by atoms with Crippen LogP contribution in [0.25, 0.3) is 12.2 Å². The third-order valence-corrected chi connectivity index (χ3v) is 4.88. The van der Waals surface area contributed by atoms with E-state index < -0.39 is 6.97 Å². The summed E-state index contributed by atoms with van der Waals surface area (Å²) in [7, 11) is 0. The molecule has 0 saturated carbocycles. The third kappa shape index (κ3) is 2.38. The predicted molar refractivity (Wildman–Crippen MR) is 103 cm³/mol. The largest absolute Gasteiger partial charge is 0.737 e. The molecule has 0 saturated heterocycles. The van der Waals surface area contributed by atoms with Crippen LogP contribution in [0.4, 0.5) is 8.63 Å². The molecule has 0 unspecified atom stereocenters. The Labute approximate surface area is 151 Å². The summed E-state index contributed by atoms with van der Waals surface area (Å²) >= 11 is 0. The summed E-state index contributed by atoms with van der Waals surface area (Å²) < 4.78 is 32.9. The van der Waals surface area contributed by atoms with Gasteiger partial charge in [-0.3, -0.25) is 0 Å². The van der Waals surface area contributed by atoms with Crippen molar-refractivity contribution in [3.63, 3.8) is 0 Å². The average molecular weight is 346 g/mol. The Morgan fingerprint density at radius 3 is 2.54 bits per heavy atom. The molecule has 0 atom stereocenters. The SMILES string of the molecule is C#Cc1ccc(/C=C/C2=[N+]3C(=Cc4c(C)cc(C)n4[B-]3(F)F)C=C2)cc1. The van der Waals surface area contributed by atoms with Gasteiger partial charge in [-0.2, -0.15) is 0 Å². The van der Waals surface area contributed by atoms with E-state index in [1.807, 2.05) is 43.3 Å². The molecule has 5 heteroatoms. The average Bonchev–Trinajstić information content (AvgIpc) is 3.15. The van der Waals surface area contributed by atoms with Crippen molar-refractivity contribution in [2.24, 2.45) is 0 Å². The van der Waals surface area contributed by atoms with Crippen molar-refractivity contribution in [3.05, 3.63) is 82.3 Å². The van der Waals surface area contributed by atoms with Crippen LogP contribution in [-0.4, -0.2) is 21.6 Å². The zero-order chi connectivity index (χ0) is 18.5. The maximum absolute atomic E-state index is 15.3. The van der Waals surface area contributed by atoms with Gasteiger partial charge in [0.1, 0.15) is 0 Å². The van der Waals surface area contributed by atoms with Gasteiger partial charge in [0.2, 0.25) is 0 Å². The van der Waals surface area contributed by atoms with Crippen LogP contribution in [0.2, 0.25) is 0 Å². The first-order valence-corrected chi connectivity index (χ1v) is 8.43. The smallest absolute Gasteiger partial charge is 0.394 e. The van der Waals surface area contributed by atoms with Crippen molar-refractivity contribution in [1.29, 1.82) is 0 Å². The Hall–Kier alpha value is -3.13. The molecule has 0 bridgehead atoms. The van der Waals surface area contributed by atoms with Gasteiger partial charge < -0.3 is 17.6 Å². The number of rotatable bonds is 2. The number of halogens is 2. The number of allylic oxidation sites excluding steroid dienone is 3. The van der Waals surface area contributed by atoms with Gasteiger partial charge in [0.25, 0.3) is 0 Å². The number of hydrogen-bond donors (Lipinski definition) is 0. The monoisotopic (exact) mass is 346 g/mol. The Balaban J connectivity index is 1.78. The number of terminal acetylenes is 1. The highest BCUT2D eigenvalue weighted by Crippen LogP contribution is 2.34. The molecule has 2 aliphatic heterocycles. The zero-order valence-electron chi connectivity index (χ0n) is 14.6. The summed E-state index contributed by atoms with van der Waals surface area (Å²) in [5.41, 5.74) is 4.70. The normalized spacial score (nSPS) is 17.3. The molecule has 2 nitrogen and oxygen atoms in total. The van der Waals surface area contributed by atoms with E-state index >= 15 is 8.63 Å². The molecule has 1 aromatic carbocycles. The molecule has 2 aliphatic rings. The molecule has 0 radical (unpaired) electrons. The van der Waals surface area contributed by atoms with Crippen molar-refractivity contribution >= 4 is 24.8 Å². The van der Waals surface area contributed by atoms with Gasteiger partial charge in [0.05, 0.1) is 0 Å². The van der Waals surface area contributed by atoms with Crippen LogP contribution in [0.5, 0.6) is 0 Å². The van der Waals surface area contributed by atoms with Crippen LogP contribution in [0.3, 0.4) is 0 Å². The lowest BCUT2D eigenvalue weighted by Gasteiger charge is -2.30. The second kappa shape index (κ2) is 5.71. The van der Waals surface area contributed by atoms with E-state index in [-0.39, 0.29) is 0 Å². The number of hydrogen-bond acceptors (Lipinski definition) is 0. The minimum absolute atomic E-state index is 0.471. The fourth-order valence-electron chi connectivity index (χ4n) is 3.65. The van der Waals surface area contributed by atoms with Crippen LogP contribution in [-0.2, 0) is 0 Å². The Morgan fingerprint density at radius 1 is 1.12 bits per heavy atom. The number of aromatic nitrogens is 1. The van der Waals surface area contributed by atoms with Crippen LogP contribution >= 0.6 is 0 Å². The molecule has 0 fully saturated rings. The molecule has 26 heavy (non-hydrogen) atoms. The van der Waals surface area contributed by atoms with Gasteiger partial charge in [0, 0.05) is 35.6 Å². The molecule has 0 spiro atoms. The molecular formula is C21H17BF2N2. The van der Waals surface area contributed by atoms with Gasteiger partial charge in [-0.15, -0.1) is 6.42 Å². The summed E-state index contributed by atoms with van der Waals surface area (Å²) in [5.74, 6) is 2.56. The van der Waals surface area contributed by atoms with Crippen LogP contribution in [0.15, 0.2) is 54.3 Å². The van der Waals surface area contributed by atoms with E-state index in [0.717, 1.165) is 25.7 Å². The zero-order valence-corrected chi connectivity index (χ0v) is 14.6. The highest BCUT2D eigenvalue weighted by molar-refractivity contribution is 6.58. The summed E-state index contributed by atoms with van der Waals surface area (Å²) in [5, 5.41) is 0. The second-order valence-electron chi connectivity index (χ2n) is 6.61. The quantitative estimate of drug-likeness (QED) is 0.563. The van der Waals surface area contributed by atoms with E-state index in [9.17, 15) is 0 Å². The molecular weight excluding hydrogens is 329 g/mol. The van der Waals surface area contributed by atoms with E-state index in [4.69, 9.17) is 6.42 Å². The molecule has 3 heterocycles. The third-order valence-electron chi connectivity index (χ3n) is 4.88. The minimum Gasteiger partial charge on any atom is -0.394 e. The van der Waals surface area contributed by atoms with Crippen molar-refractivity contribution < 1.29 is 13.1 Å². The summed E-state index contributed by atoms with van der Waals surface area (Å²) in [6.45, 7) is -0.350. The lowest BCUT2D eigenvalue weighted by molar-refractivity contribution is -0.360. The van der Waals surface area contributed by atoms with Crippen LogP contribution < -0.4 is 0 Å². The summed E-state index contributed by atoms with van der Waals surface area (Å²) in [6.07, 6.45) is 14.2. The van der Waals surface area contributed by atoms with E-state index in [0.29, 0.717) is 22.8 Å². The van der Waals surface area contributed by atoms with Gasteiger partial charge in [-0.25, -0.2) is 0 Å². The molecule has 1 aromatic heterocycles. The van der Waals surface area contributed by atoms with Crippen molar-refractivity contribution in [1.82, 2.24) is 4.48 Å². The van der Waals surface area contributed by atoms with Gasteiger partial charge in [-0.1, -0.05) is 18.1 Å². The Bertz CT molecular complexity index is 1070. The van der Waals surface area contributed by atoms with Crippen molar-refractivity contribution in [2.45, 2.75) is 13.8 Å². The molecule has 2 aromatic rings. The second-order valence-corrected chi connectivity index (χ2v) is 6.61. The minimum atomic E-state index is -3.93. The van der Waals surface area contributed by atoms with Gasteiger partial charge in [-0.05, 0) is 54.9 Å². The molecule has 0 aliphatic carbocycles. The standard InChI is InChI=1S/C21H17BF2N2/c1-4-17-5-7-18(8-6-17)9-10-19-11-12-20-14-21-15(2)13-16(3)25(21)22(23,24)26(19)20/h1,5-14H,2-3H3/b10-9+.